The molecule has 0 amide bonds. The Morgan fingerprint density at radius 2 is 0.814 bits per heavy atom. The Labute approximate surface area is 349 Å². The first kappa shape index (κ1) is 34.9. The Balaban J connectivity index is 1.07. The van der Waals surface area contributed by atoms with Gasteiger partial charge >= 0.3 is 0 Å². The van der Waals surface area contributed by atoms with Crippen LogP contribution in [-0.4, -0.2) is 4.98 Å². The predicted octanol–water partition coefficient (Wildman–Crippen LogP) is 15.1. The minimum atomic E-state index is -0.500. The summed E-state index contributed by atoms with van der Waals surface area (Å²) in [6, 6.07) is 83.7. The van der Waals surface area contributed by atoms with Gasteiger partial charge in [-0.25, -0.2) is 4.98 Å². The first-order chi connectivity index (χ1) is 29.2. The van der Waals surface area contributed by atoms with Crippen molar-refractivity contribution in [3.8, 4) is 44.0 Å². The third kappa shape index (κ3) is 5.98. The molecule has 0 aliphatic heterocycles. The molecule has 11 rings (SSSR count). The number of anilines is 3. The van der Waals surface area contributed by atoms with E-state index in [1.54, 1.807) is 11.3 Å². The zero-order valence-corrected chi connectivity index (χ0v) is 33.1. The molecule has 0 unspecified atom stereocenters. The minimum absolute atomic E-state index is 0.500. The number of aromatic nitrogens is 1. The molecule has 1 heterocycles. The summed E-state index contributed by atoms with van der Waals surface area (Å²) in [7, 11) is 0. The average molecular weight is 771 g/mol. The van der Waals surface area contributed by atoms with Crippen LogP contribution < -0.4 is 4.90 Å². The summed E-state index contributed by atoms with van der Waals surface area (Å²) in [5.74, 6) is 0. The van der Waals surface area contributed by atoms with Gasteiger partial charge in [0.25, 0.3) is 0 Å². The molecule has 0 saturated heterocycles. The van der Waals surface area contributed by atoms with Gasteiger partial charge in [0, 0.05) is 22.6 Å². The van der Waals surface area contributed by atoms with E-state index in [1.165, 1.54) is 55.6 Å². The van der Waals surface area contributed by atoms with E-state index in [4.69, 9.17) is 4.98 Å². The third-order valence-electron chi connectivity index (χ3n) is 11.8. The Kier molecular flexibility index (Phi) is 8.61. The van der Waals surface area contributed by atoms with E-state index in [0.717, 1.165) is 37.8 Å². The van der Waals surface area contributed by atoms with Crippen LogP contribution in [0.3, 0.4) is 0 Å². The van der Waals surface area contributed by atoms with E-state index in [2.05, 4.69) is 235 Å². The maximum absolute atomic E-state index is 5.13. The molecule has 278 valence electrons. The molecular formula is C56H38N2S. The summed E-state index contributed by atoms with van der Waals surface area (Å²) in [6.45, 7) is 0. The van der Waals surface area contributed by atoms with Crippen LogP contribution in [0.2, 0.25) is 0 Å². The van der Waals surface area contributed by atoms with Crippen molar-refractivity contribution in [2.75, 3.05) is 4.90 Å². The van der Waals surface area contributed by atoms with E-state index in [9.17, 15) is 0 Å². The van der Waals surface area contributed by atoms with Gasteiger partial charge in [-0.1, -0.05) is 188 Å². The normalized spacial score (nSPS) is 12.5. The maximum atomic E-state index is 5.13. The first-order valence-electron chi connectivity index (χ1n) is 20.1. The summed E-state index contributed by atoms with van der Waals surface area (Å²) in [4.78, 5) is 7.54. The van der Waals surface area contributed by atoms with Crippen molar-refractivity contribution in [1.82, 2.24) is 4.98 Å². The van der Waals surface area contributed by atoms with Gasteiger partial charge in [-0.05, 0) is 98.1 Å². The molecule has 0 spiro atoms. The largest absolute Gasteiger partial charge is 0.310 e. The molecule has 0 radical (unpaired) electrons. The second-order valence-electron chi connectivity index (χ2n) is 15.1. The van der Waals surface area contributed by atoms with Gasteiger partial charge in [-0.2, -0.15) is 0 Å². The second kappa shape index (κ2) is 14.6. The molecule has 1 aliphatic carbocycles. The minimum Gasteiger partial charge on any atom is -0.310 e. The van der Waals surface area contributed by atoms with Gasteiger partial charge in [-0.15, -0.1) is 11.3 Å². The molecule has 59 heavy (non-hydrogen) atoms. The lowest BCUT2D eigenvalue weighted by Crippen LogP contribution is -2.28. The quantitative estimate of drug-likeness (QED) is 0.153. The molecule has 10 aromatic rings. The molecule has 0 fully saturated rings. The number of hydrogen-bond donors (Lipinski definition) is 0. The summed E-state index contributed by atoms with van der Waals surface area (Å²) in [6.07, 6.45) is 0. The molecule has 0 N–H and O–H groups in total. The lowest BCUT2D eigenvalue weighted by molar-refractivity contribution is 0.768. The van der Waals surface area contributed by atoms with Gasteiger partial charge in [0.05, 0.1) is 15.6 Å². The summed E-state index contributed by atoms with van der Waals surface area (Å²) < 4.78 is 1.15. The first-order valence-corrected chi connectivity index (χ1v) is 20.9. The summed E-state index contributed by atoms with van der Waals surface area (Å²) in [5, 5.41) is 1.02. The summed E-state index contributed by atoms with van der Waals surface area (Å²) in [5.41, 5.74) is 17.3. The lowest BCUT2D eigenvalue weighted by Gasteiger charge is -2.35. The van der Waals surface area contributed by atoms with E-state index in [1.807, 2.05) is 0 Å². The Morgan fingerprint density at radius 3 is 1.44 bits per heavy atom. The molecule has 1 aliphatic rings. The highest BCUT2D eigenvalue weighted by molar-refractivity contribution is 7.21. The topological polar surface area (TPSA) is 16.1 Å². The van der Waals surface area contributed by atoms with Crippen LogP contribution in [0.25, 0.3) is 54.2 Å². The molecule has 9 aromatic carbocycles. The highest BCUT2D eigenvalue weighted by Crippen LogP contribution is 2.57. The summed E-state index contributed by atoms with van der Waals surface area (Å²) >= 11 is 1.74. The second-order valence-corrected chi connectivity index (χ2v) is 16.2. The highest BCUT2D eigenvalue weighted by atomic mass is 32.1. The smallest absolute Gasteiger partial charge is 0.124 e. The van der Waals surface area contributed by atoms with Crippen LogP contribution in [-0.2, 0) is 5.41 Å². The van der Waals surface area contributed by atoms with Crippen molar-refractivity contribution in [2.45, 2.75) is 5.41 Å². The van der Waals surface area contributed by atoms with Crippen LogP contribution in [0, 0.1) is 0 Å². The van der Waals surface area contributed by atoms with Gasteiger partial charge in [0.1, 0.15) is 5.01 Å². The Hall–Kier alpha value is -7.33. The number of hydrogen-bond acceptors (Lipinski definition) is 3. The van der Waals surface area contributed by atoms with Crippen LogP contribution in [0.4, 0.5) is 17.1 Å². The van der Waals surface area contributed by atoms with Crippen LogP contribution in [0.1, 0.15) is 22.3 Å². The maximum Gasteiger partial charge on any atom is 0.124 e. The number of thiazole rings is 1. The fourth-order valence-electron chi connectivity index (χ4n) is 9.06. The number of benzene rings is 9. The van der Waals surface area contributed by atoms with E-state index in [0.29, 0.717) is 0 Å². The van der Waals surface area contributed by atoms with Crippen LogP contribution in [0.15, 0.2) is 231 Å². The van der Waals surface area contributed by atoms with E-state index >= 15 is 0 Å². The zero-order valence-electron chi connectivity index (χ0n) is 32.2. The van der Waals surface area contributed by atoms with Crippen molar-refractivity contribution in [2.24, 2.45) is 0 Å². The van der Waals surface area contributed by atoms with Crippen molar-refractivity contribution in [1.29, 1.82) is 0 Å². The SMILES string of the molecule is c1ccc(-c2ccc(-c3nc4ccc(N(c5ccc(-c6ccccc6)cc5)c5ccc6c(c5)C(c5ccccc5)(c5ccccc5)c5ccccc5-6)cc4s3)cc2)cc1. The monoisotopic (exact) mass is 770 g/mol. The molecule has 0 bridgehead atoms. The Morgan fingerprint density at radius 1 is 0.356 bits per heavy atom. The van der Waals surface area contributed by atoms with Crippen LogP contribution in [0.5, 0.6) is 0 Å². The van der Waals surface area contributed by atoms with Gasteiger partial charge < -0.3 is 4.90 Å². The molecule has 3 heteroatoms. The Bertz CT molecular complexity index is 3030. The number of nitrogens with zero attached hydrogens (tertiary/aromatic N) is 2. The van der Waals surface area contributed by atoms with Gasteiger partial charge in [0.15, 0.2) is 0 Å². The number of fused-ring (bicyclic) bond motifs is 4. The number of rotatable bonds is 8. The van der Waals surface area contributed by atoms with Crippen molar-refractivity contribution in [3.63, 3.8) is 0 Å². The molecule has 1 aromatic heterocycles. The molecule has 0 atom stereocenters. The van der Waals surface area contributed by atoms with Crippen molar-refractivity contribution < 1.29 is 0 Å². The van der Waals surface area contributed by atoms with Gasteiger partial charge in [0.2, 0.25) is 0 Å². The van der Waals surface area contributed by atoms with Crippen LogP contribution >= 0.6 is 11.3 Å². The fourth-order valence-corrected chi connectivity index (χ4v) is 10.1. The highest BCUT2D eigenvalue weighted by Gasteiger charge is 2.46. The average Bonchev–Trinajstić information content (AvgIpc) is 3.88. The lowest BCUT2D eigenvalue weighted by atomic mass is 9.67. The molecule has 2 nitrogen and oxygen atoms in total. The predicted molar refractivity (Wildman–Crippen MR) is 248 cm³/mol. The van der Waals surface area contributed by atoms with Gasteiger partial charge in [-0.3, -0.25) is 0 Å². The van der Waals surface area contributed by atoms with E-state index < -0.39 is 5.41 Å². The zero-order chi connectivity index (χ0) is 39.2. The molecule has 0 saturated carbocycles. The van der Waals surface area contributed by atoms with E-state index in [-0.39, 0.29) is 0 Å². The molecular weight excluding hydrogens is 733 g/mol. The van der Waals surface area contributed by atoms with Crippen molar-refractivity contribution in [3.05, 3.63) is 253 Å². The van der Waals surface area contributed by atoms with Crippen molar-refractivity contribution >= 4 is 38.6 Å². The fraction of sp³-hybridized carbons (Fsp3) is 0.0179. The standard InChI is InChI=1S/C56H38N2S/c1-5-15-39(16-6-1)41-25-27-43(28-26-41)55-57-53-36-34-48(38-54(53)59-55)58(46-31-29-42(30-32-46)40-17-7-2-8-18-40)47-33-35-50-49-23-13-14-24-51(49)56(52(50)37-47,44-19-9-3-10-20-44)45-21-11-4-12-22-45/h1-38H. The third-order valence-corrected chi connectivity index (χ3v) is 12.9.